The molecule has 46 heavy (non-hydrogen) atoms. The minimum Gasteiger partial charge on any atom is -0.269 e. The highest BCUT2D eigenvalue weighted by Crippen LogP contribution is 2.24. The first kappa shape index (κ1) is 30.7. The molecule has 0 aromatic heterocycles. The molecule has 6 heteroatoms. The zero-order chi connectivity index (χ0) is 31.9. The van der Waals surface area contributed by atoms with Crippen molar-refractivity contribution in [3.8, 4) is 11.1 Å². The Bertz CT molecular complexity index is 1610. The first-order valence-corrected chi connectivity index (χ1v) is 15.9. The molecule has 2 aliphatic heterocycles. The summed E-state index contributed by atoms with van der Waals surface area (Å²) in [5, 5.41) is 0. The maximum atomic E-state index is 11.9. The van der Waals surface area contributed by atoms with Gasteiger partial charge in [0.2, 0.25) is 0 Å². The largest absolute Gasteiger partial charge is 0.269 e. The average molecular weight is 609 g/mol. The lowest BCUT2D eigenvalue weighted by molar-refractivity contribution is -0.121. The van der Waals surface area contributed by atoms with Crippen LogP contribution >= 0.6 is 0 Å². The molecule has 0 fully saturated rings. The lowest BCUT2D eigenvalue weighted by Crippen LogP contribution is -2.29. The van der Waals surface area contributed by atoms with Crippen molar-refractivity contribution in [2.24, 2.45) is 0 Å². The van der Waals surface area contributed by atoms with Crippen molar-refractivity contribution in [1.29, 1.82) is 0 Å². The third-order valence-corrected chi connectivity index (χ3v) is 8.61. The molecular weight excluding hydrogens is 572 g/mol. The number of hydrogen-bond donors (Lipinski definition) is 0. The number of hydrogen-bond acceptors (Lipinski definition) is 4. The molecule has 6 rings (SSSR count). The lowest BCUT2D eigenvalue weighted by atomic mass is 9.98. The van der Waals surface area contributed by atoms with E-state index in [1.807, 2.05) is 48.5 Å². The predicted molar refractivity (Wildman–Crippen MR) is 181 cm³/mol. The van der Waals surface area contributed by atoms with Crippen LogP contribution in [0.1, 0.15) is 47.9 Å². The van der Waals surface area contributed by atoms with E-state index in [0.29, 0.717) is 11.4 Å². The summed E-state index contributed by atoms with van der Waals surface area (Å²) in [5.41, 5.74) is 8.74. The van der Waals surface area contributed by atoms with E-state index < -0.39 is 0 Å². The van der Waals surface area contributed by atoms with E-state index in [1.165, 1.54) is 67.5 Å². The highest BCUT2D eigenvalue weighted by atomic mass is 16.2. The van der Waals surface area contributed by atoms with E-state index in [9.17, 15) is 19.2 Å². The maximum Gasteiger partial charge on any atom is 0.258 e. The molecule has 6 nitrogen and oxygen atoms in total. The first-order chi connectivity index (χ1) is 22.4. The van der Waals surface area contributed by atoms with Gasteiger partial charge < -0.3 is 0 Å². The Morgan fingerprint density at radius 1 is 0.326 bits per heavy atom. The van der Waals surface area contributed by atoms with Crippen LogP contribution < -0.4 is 9.80 Å². The van der Waals surface area contributed by atoms with Crippen LogP contribution in [0.2, 0.25) is 0 Å². The Kier molecular flexibility index (Phi) is 9.44. The van der Waals surface area contributed by atoms with Crippen LogP contribution in [0.15, 0.2) is 121 Å². The number of rotatable bonds is 13. The number of anilines is 2. The lowest BCUT2D eigenvalue weighted by Gasteiger charge is -2.14. The number of amides is 4. The van der Waals surface area contributed by atoms with Gasteiger partial charge in [0, 0.05) is 24.3 Å². The first-order valence-electron chi connectivity index (χ1n) is 15.9. The minimum absolute atomic E-state index is 0.290. The Balaban J connectivity index is 0.897. The van der Waals surface area contributed by atoms with Gasteiger partial charge in [0.05, 0.1) is 11.4 Å². The molecular formula is C40H36N2O4. The summed E-state index contributed by atoms with van der Waals surface area (Å²) in [6.45, 7) is 0. The van der Waals surface area contributed by atoms with E-state index >= 15 is 0 Å². The molecule has 0 N–H and O–H groups in total. The van der Waals surface area contributed by atoms with Crippen LogP contribution in [0.5, 0.6) is 0 Å². The van der Waals surface area contributed by atoms with Gasteiger partial charge in [-0.25, -0.2) is 9.80 Å². The molecule has 0 saturated carbocycles. The standard InChI is InChI=1S/C40H36N2O4/c43-37-25-26-38(44)41(37)35-21-13-31(14-22-35)7-3-1-5-29-9-17-33(18-10-29)34-19-11-30(12-20-34)6-2-4-8-32-15-23-36(24-16-32)42-39(45)27-28-40(42)46/h9-28H,1-8H2. The van der Waals surface area contributed by atoms with Crippen LogP contribution in [0.4, 0.5) is 11.4 Å². The molecule has 4 aromatic rings. The topological polar surface area (TPSA) is 74.8 Å². The quantitative estimate of drug-likeness (QED) is 0.118. The monoisotopic (exact) mass is 608 g/mol. The van der Waals surface area contributed by atoms with E-state index in [0.717, 1.165) is 51.4 Å². The van der Waals surface area contributed by atoms with Crippen LogP contribution in [0.25, 0.3) is 11.1 Å². The second-order valence-electron chi connectivity index (χ2n) is 11.8. The second kappa shape index (κ2) is 14.2. The molecule has 230 valence electrons. The summed E-state index contributed by atoms with van der Waals surface area (Å²) in [4.78, 5) is 49.8. The molecule has 0 spiro atoms. The van der Waals surface area contributed by atoms with Crippen molar-refractivity contribution >= 4 is 35.0 Å². The fourth-order valence-corrected chi connectivity index (χ4v) is 5.98. The van der Waals surface area contributed by atoms with Gasteiger partial charge in [-0.1, -0.05) is 72.8 Å². The molecule has 4 amide bonds. The number of benzene rings is 4. The van der Waals surface area contributed by atoms with Gasteiger partial charge in [-0.05, 0) is 109 Å². The molecule has 0 aliphatic carbocycles. The van der Waals surface area contributed by atoms with E-state index in [4.69, 9.17) is 0 Å². The van der Waals surface area contributed by atoms with Gasteiger partial charge in [-0.15, -0.1) is 0 Å². The number of carbonyl (C=O) groups is 4. The fourth-order valence-electron chi connectivity index (χ4n) is 5.98. The van der Waals surface area contributed by atoms with E-state index in [1.54, 1.807) is 0 Å². The van der Waals surface area contributed by atoms with Crippen molar-refractivity contribution in [3.05, 3.63) is 144 Å². The summed E-state index contributed by atoms with van der Waals surface area (Å²) in [6.07, 6.45) is 13.5. The summed E-state index contributed by atoms with van der Waals surface area (Å²) >= 11 is 0. The van der Waals surface area contributed by atoms with Crippen molar-refractivity contribution in [2.45, 2.75) is 51.4 Å². The Labute approximate surface area is 269 Å². The number of imide groups is 2. The van der Waals surface area contributed by atoms with Gasteiger partial charge in [0.15, 0.2) is 0 Å². The molecule has 0 unspecified atom stereocenters. The predicted octanol–water partition coefficient (Wildman–Crippen LogP) is 7.34. The highest BCUT2D eigenvalue weighted by molar-refractivity contribution is 6.28. The van der Waals surface area contributed by atoms with Crippen LogP contribution in [-0.4, -0.2) is 23.6 Å². The summed E-state index contributed by atoms with van der Waals surface area (Å²) in [5.74, 6) is -1.16. The number of aryl methyl sites for hydroxylation is 4. The fraction of sp³-hybridized carbons (Fsp3) is 0.200. The molecule has 0 atom stereocenters. The number of nitrogens with zero attached hydrogens (tertiary/aromatic N) is 2. The minimum atomic E-state index is -0.290. The van der Waals surface area contributed by atoms with Crippen molar-refractivity contribution in [3.63, 3.8) is 0 Å². The van der Waals surface area contributed by atoms with Crippen LogP contribution in [-0.2, 0) is 44.9 Å². The van der Waals surface area contributed by atoms with Crippen molar-refractivity contribution in [2.75, 3.05) is 9.80 Å². The summed E-state index contributed by atoms with van der Waals surface area (Å²) < 4.78 is 0. The van der Waals surface area contributed by atoms with Gasteiger partial charge in [0.1, 0.15) is 0 Å². The maximum absolute atomic E-state index is 11.9. The summed E-state index contributed by atoms with van der Waals surface area (Å²) in [6, 6.07) is 33.1. The number of carbonyl (C=O) groups excluding carboxylic acids is 4. The molecule has 2 heterocycles. The third kappa shape index (κ3) is 7.29. The van der Waals surface area contributed by atoms with Gasteiger partial charge in [-0.2, -0.15) is 0 Å². The zero-order valence-corrected chi connectivity index (χ0v) is 25.7. The summed E-state index contributed by atoms with van der Waals surface area (Å²) in [7, 11) is 0. The van der Waals surface area contributed by atoms with Crippen LogP contribution in [0, 0.1) is 0 Å². The second-order valence-corrected chi connectivity index (χ2v) is 11.8. The normalized spacial score (nSPS) is 14.3. The van der Waals surface area contributed by atoms with Crippen molar-refractivity contribution < 1.29 is 19.2 Å². The molecule has 0 bridgehead atoms. The molecule has 0 saturated heterocycles. The van der Waals surface area contributed by atoms with E-state index in [2.05, 4.69) is 48.5 Å². The molecule has 4 aromatic carbocycles. The van der Waals surface area contributed by atoms with E-state index in [-0.39, 0.29) is 23.6 Å². The third-order valence-electron chi connectivity index (χ3n) is 8.61. The Hall–Kier alpha value is -5.36. The van der Waals surface area contributed by atoms with Gasteiger partial charge in [0.25, 0.3) is 23.6 Å². The van der Waals surface area contributed by atoms with Crippen LogP contribution in [0.3, 0.4) is 0 Å². The van der Waals surface area contributed by atoms with Gasteiger partial charge in [-0.3, -0.25) is 19.2 Å². The number of unbranched alkanes of at least 4 members (excludes halogenated alkanes) is 2. The molecule has 2 aliphatic rings. The zero-order valence-electron chi connectivity index (χ0n) is 25.7. The van der Waals surface area contributed by atoms with Crippen molar-refractivity contribution in [1.82, 2.24) is 0 Å². The Morgan fingerprint density at radius 3 is 0.826 bits per heavy atom. The average Bonchev–Trinajstić information content (AvgIpc) is 3.61. The SMILES string of the molecule is O=C1C=CC(=O)N1c1ccc(CCCCc2ccc(-c3ccc(CCCCc4ccc(N5C(=O)C=CC5=O)cc4)cc3)cc2)cc1. The highest BCUT2D eigenvalue weighted by Gasteiger charge is 2.25. The Morgan fingerprint density at radius 2 is 0.565 bits per heavy atom. The van der Waals surface area contributed by atoms with Gasteiger partial charge >= 0.3 is 0 Å². The smallest absolute Gasteiger partial charge is 0.258 e. The molecule has 0 radical (unpaired) electrons.